The molecule has 1 saturated carbocycles. The summed E-state index contributed by atoms with van der Waals surface area (Å²) >= 11 is 0. The quantitative estimate of drug-likeness (QED) is 0.768. The zero-order valence-corrected chi connectivity index (χ0v) is 13.4. The molecule has 1 aliphatic carbocycles. The molecule has 0 spiro atoms. The van der Waals surface area contributed by atoms with Gasteiger partial charge in [-0.05, 0) is 56.7 Å². The molecule has 0 saturated heterocycles. The van der Waals surface area contributed by atoms with E-state index in [-0.39, 0.29) is 0 Å². The third kappa shape index (κ3) is 3.85. The molecule has 2 rings (SSSR count). The molecule has 3 atom stereocenters. The van der Waals surface area contributed by atoms with E-state index >= 15 is 0 Å². The van der Waals surface area contributed by atoms with E-state index in [0.717, 1.165) is 31.3 Å². The van der Waals surface area contributed by atoms with Crippen LogP contribution in [0.3, 0.4) is 0 Å². The van der Waals surface area contributed by atoms with Crippen molar-refractivity contribution >= 4 is 0 Å². The monoisotopic (exact) mass is 277 g/mol. The molecule has 1 fully saturated rings. The molecule has 0 radical (unpaired) electrons. The van der Waals surface area contributed by atoms with Crippen molar-refractivity contribution in [2.75, 3.05) is 13.1 Å². The summed E-state index contributed by atoms with van der Waals surface area (Å²) < 4.78 is 2.25. The van der Waals surface area contributed by atoms with E-state index in [4.69, 9.17) is 0 Å². The highest BCUT2D eigenvalue weighted by molar-refractivity contribution is 5.11. The van der Waals surface area contributed by atoms with Crippen molar-refractivity contribution in [1.82, 2.24) is 15.1 Å². The van der Waals surface area contributed by atoms with Gasteiger partial charge in [-0.3, -0.25) is 4.68 Å². The predicted molar refractivity (Wildman–Crippen MR) is 84.9 cm³/mol. The maximum Gasteiger partial charge on any atom is 0.0492 e. The Kier molecular flexibility index (Phi) is 6.08. The Hall–Kier alpha value is -0.830. The SMILES string of the molecule is CCCNCC1CCC(C)CC1c1ccnn1CCC. The van der Waals surface area contributed by atoms with Crippen molar-refractivity contribution in [2.45, 2.75) is 65.3 Å². The van der Waals surface area contributed by atoms with E-state index in [2.05, 4.69) is 41.9 Å². The molecule has 0 aromatic carbocycles. The summed E-state index contributed by atoms with van der Waals surface area (Å²) in [5.41, 5.74) is 1.47. The second-order valence-electron chi connectivity index (χ2n) is 6.47. The number of hydrogen-bond donors (Lipinski definition) is 1. The minimum Gasteiger partial charge on any atom is -0.316 e. The van der Waals surface area contributed by atoms with Gasteiger partial charge in [0, 0.05) is 24.4 Å². The molecular weight excluding hydrogens is 246 g/mol. The van der Waals surface area contributed by atoms with E-state index in [1.54, 1.807) is 0 Å². The first-order chi connectivity index (χ1) is 9.76. The lowest BCUT2D eigenvalue weighted by atomic mass is 9.73. The first-order valence-corrected chi connectivity index (χ1v) is 8.48. The molecule has 1 aromatic heterocycles. The fourth-order valence-corrected chi connectivity index (χ4v) is 3.57. The normalized spacial score (nSPS) is 26.9. The standard InChI is InChI=1S/C17H31N3/c1-4-9-18-13-15-7-6-14(3)12-16(15)17-8-10-19-20(17)11-5-2/h8,10,14-16,18H,4-7,9,11-13H2,1-3H3. The van der Waals surface area contributed by atoms with Gasteiger partial charge in [0.05, 0.1) is 0 Å². The van der Waals surface area contributed by atoms with Crippen LogP contribution in [0.25, 0.3) is 0 Å². The highest BCUT2D eigenvalue weighted by Crippen LogP contribution is 2.40. The number of nitrogens with one attached hydrogen (secondary N) is 1. The zero-order chi connectivity index (χ0) is 14.4. The van der Waals surface area contributed by atoms with Crippen LogP contribution in [0.4, 0.5) is 0 Å². The number of nitrogens with zero attached hydrogens (tertiary/aromatic N) is 2. The number of aryl methyl sites for hydroxylation is 1. The summed E-state index contributed by atoms with van der Waals surface area (Å²) in [5.74, 6) is 2.33. The largest absolute Gasteiger partial charge is 0.316 e. The molecule has 1 heterocycles. The molecule has 3 nitrogen and oxygen atoms in total. The highest BCUT2D eigenvalue weighted by atomic mass is 15.3. The number of rotatable bonds is 7. The van der Waals surface area contributed by atoms with Crippen LogP contribution in [0.2, 0.25) is 0 Å². The summed E-state index contributed by atoms with van der Waals surface area (Å²) in [4.78, 5) is 0. The van der Waals surface area contributed by atoms with Crippen LogP contribution >= 0.6 is 0 Å². The summed E-state index contributed by atoms with van der Waals surface area (Å²) in [6.45, 7) is 10.3. The van der Waals surface area contributed by atoms with E-state index in [0.29, 0.717) is 5.92 Å². The second-order valence-corrected chi connectivity index (χ2v) is 6.47. The molecule has 1 aliphatic rings. The van der Waals surface area contributed by atoms with Gasteiger partial charge in [-0.2, -0.15) is 5.10 Å². The molecule has 0 bridgehead atoms. The van der Waals surface area contributed by atoms with Crippen LogP contribution in [0.5, 0.6) is 0 Å². The van der Waals surface area contributed by atoms with Gasteiger partial charge in [0.15, 0.2) is 0 Å². The zero-order valence-electron chi connectivity index (χ0n) is 13.4. The van der Waals surface area contributed by atoms with Gasteiger partial charge in [0.2, 0.25) is 0 Å². The molecule has 3 heteroatoms. The highest BCUT2D eigenvalue weighted by Gasteiger charge is 2.31. The first kappa shape index (κ1) is 15.6. The third-order valence-corrected chi connectivity index (χ3v) is 4.65. The van der Waals surface area contributed by atoms with Gasteiger partial charge in [-0.15, -0.1) is 0 Å². The van der Waals surface area contributed by atoms with Crippen LogP contribution in [0, 0.1) is 11.8 Å². The average molecular weight is 277 g/mol. The number of aromatic nitrogens is 2. The van der Waals surface area contributed by atoms with Gasteiger partial charge >= 0.3 is 0 Å². The molecule has 114 valence electrons. The van der Waals surface area contributed by atoms with Gasteiger partial charge in [0.25, 0.3) is 0 Å². The lowest BCUT2D eigenvalue weighted by molar-refractivity contribution is 0.232. The van der Waals surface area contributed by atoms with Crippen molar-refractivity contribution in [3.63, 3.8) is 0 Å². The van der Waals surface area contributed by atoms with Crippen molar-refractivity contribution < 1.29 is 0 Å². The molecule has 3 unspecified atom stereocenters. The van der Waals surface area contributed by atoms with Gasteiger partial charge in [-0.1, -0.05) is 27.2 Å². The summed E-state index contributed by atoms with van der Waals surface area (Å²) in [6, 6.07) is 2.26. The van der Waals surface area contributed by atoms with Crippen molar-refractivity contribution in [3.05, 3.63) is 18.0 Å². The number of hydrogen-bond acceptors (Lipinski definition) is 2. The molecule has 1 aromatic rings. The average Bonchev–Trinajstić information content (AvgIpc) is 2.89. The van der Waals surface area contributed by atoms with Crippen molar-refractivity contribution in [3.8, 4) is 0 Å². The summed E-state index contributed by atoms with van der Waals surface area (Å²) in [7, 11) is 0. The van der Waals surface area contributed by atoms with Gasteiger partial charge < -0.3 is 5.32 Å². The van der Waals surface area contributed by atoms with Crippen LogP contribution in [-0.4, -0.2) is 22.9 Å². The summed E-state index contributed by atoms with van der Waals surface area (Å²) in [6.07, 6.45) is 8.45. The van der Waals surface area contributed by atoms with Crippen LogP contribution in [-0.2, 0) is 6.54 Å². The smallest absolute Gasteiger partial charge is 0.0492 e. The van der Waals surface area contributed by atoms with E-state index < -0.39 is 0 Å². The van der Waals surface area contributed by atoms with E-state index in [1.807, 2.05) is 6.20 Å². The molecule has 0 aliphatic heterocycles. The fraction of sp³-hybridized carbons (Fsp3) is 0.824. The van der Waals surface area contributed by atoms with Crippen LogP contribution in [0.15, 0.2) is 12.3 Å². The third-order valence-electron chi connectivity index (χ3n) is 4.65. The van der Waals surface area contributed by atoms with E-state index in [1.165, 1.54) is 37.9 Å². The maximum absolute atomic E-state index is 4.53. The molecule has 20 heavy (non-hydrogen) atoms. The lowest BCUT2D eigenvalue weighted by Gasteiger charge is -2.35. The Labute approximate surface area is 124 Å². The Morgan fingerprint density at radius 2 is 2.15 bits per heavy atom. The fourth-order valence-electron chi connectivity index (χ4n) is 3.57. The minimum atomic E-state index is 0.692. The Morgan fingerprint density at radius 3 is 2.90 bits per heavy atom. The Bertz CT molecular complexity index is 385. The Morgan fingerprint density at radius 1 is 1.30 bits per heavy atom. The van der Waals surface area contributed by atoms with E-state index in [9.17, 15) is 0 Å². The van der Waals surface area contributed by atoms with Crippen molar-refractivity contribution in [2.24, 2.45) is 11.8 Å². The second kappa shape index (κ2) is 7.82. The molecular formula is C17H31N3. The molecule has 1 N–H and O–H groups in total. The van der Waals surface area contributed by atoms with Crippen molar-refractivity contribution in [1.29, 1.82) is 0 Å². The summed E-state index contributed by atoms with van der Waals surface area (Å²) in [5, 5.41) is 8.17. The maximum atomic E-state index is 4.53. The Balaban J connectivity index is 2.08. The first-order valence-electron chi connectivity index (χ1n) is 8.48. The van der Waals surface area contributed by atoms with Gasteiger partial charge in [-0.25, -0.2) is 0 Å². The minimum absolute atomic E-state index is 0.692. The molecule has 0 amide bonds. The van der Waals surface area contributed by atoms with Crippen LogP contribution < -0.4 is 5.32 Å². The lowest BCUT2D eigenvalue weighted by Crippen LogP contribution is -2.33. The topological polar surface area (TPSA) is 29.9 Å². The van der Waals surface area contributed by atoms with Gasteiger partial charge in [0.1, 0.15) is 0 Å². The van der Waals surface area contributed by atoms with Crippen LogP contribution in [0.1, 0.15) is 64.5 Å². The predicted octanol–water partition coefficient (Wildman–Crippen LogP) is 3.81.